The maximum absolute atomic E-state index is 15.1. The Morgan fingerprint density at radius 1 is 0.839 bits per heavy atom. The van der Waals surface area contributed by atoms with Gasteiger partial charge in [-0.1, -0.05) is 73.6 Å². The molecule has 5 amide bonds. The van der Waals surface area contributed by atoms with Crippen molar-refractivity contribution >= 4 is 35.3 Å². The van der Waals surface area contributed by atoms with Gasteiger partial charge >= 0.3 is 0 Å². The van der Waals surface area contributed by atoms with E-state index in [9.17, 15) is 28.4 Å². The summed E-state index contributed by atoms with van der Waals surface area (Å²) in [7, 11) is 0. The van der Waals surface area contributed by atoms with Gasteiger partial charge in [-0.25, -0.2) is 4.39 Å². The van der Waals surface area contributed by atoms with Gasteiger partial charge in [0.1, 0.15) is 24.8 Å². The lowest BCUT2D eigenvalue weighted by molar-refractivity contribution is -0.145. The van der Waals surface area contributed by atoms with E-state index in [1.165, 1.54) is 0 Å². The van der Waals surface area contributed by atoms with Crippen molar-refractivity contribution in [2.75, 3.05) is 32.9 Å². The first-order chi connectivity index (χ1) is 26.5. The Kier molecular flexibility index (Phi) is 12.6. The number of carbonyl (C=O) groups is 6. The summed E-state index contributed by atoms with van der Waals surface area (Å²) in [6, 6.07) is -3.71. The number of likely N-dealkylation sites (tertiary alicyclic amines) is 2. The first kappa shape index (κ1) is 42.5. The van der Waals surface area contributed by atoms with E-state index in [2.05, 4.69) is 35.1 Å². The summed E-state index contributed by atoms with van der Waals surface area (Å²) in [6.45, 7) is 13.4. The largest absolute Gasteiger partial charge is 0.347 e. The highest BCUT2D eigenvalue weighted by Crippen LogP contribution is 2.88. The number of alkyl halides is 1. The molecule has 6 rings (SSSR count). The standard InChI is InChI=1S/C43H69FN6O6/c1-7-13-30(33(51)38(55)45-29-17-18-29)46-36(53)31-24-43(41(5,6)42(43)19-12-20-42)26-50(31)39(56)34(40(2,3)4)48-37(54)32(27-14-9-8-10-15-27)47-35(52)28-16-11-22-49(25-28)23-21-44/h27-32,34H,7-26H2,1-6H3,(H,45,55)(H,46,53)(H,47,52)(H,48,54)/t28-,30?,31+,32+,34-,43-/m1/s1. The second kappa shape index (κ2) is 16.6. The Labute approximate surface area is 333 Å². The van der Waals surface area contributed by atoms with E-state index in [-0.39, 0.29) is 52.5 Å². The quantitative estimate of drug-likeness (QED) is 0.182. The lowest BCUT2D eigenvalue weighted by Gasteiger charge is -2.38. The topological polar surface area (TPSA) is 157 Å². The fraction of sp³-hybridized carbons (Fsp3) is 0.860. The number of hydrogen-bond donors (Lipinski definition) is 4. The van der Waals surface area contributed by atoms with Gasteiger partial charge in [0.25, 0.3) is 5.91 Å². The number of nitrogens with zero attached hydrogens (tertiary/aromatic N) is 2. The molecular weight excluding hydrogens is 716 g/mol. The van der Waals surface area contributed by atoms with Crippen molar-refractivity contribution in [3.8, 4) is 0 Å². The minimum absolute atomic E-state index is 0.00333. The number of nitrogens with one attached hydrogen (secondary N) is 4. The molecule has 0 aromatic heterocycles. The summed E-state index contributed by atoms with van der Waals surface area (Å²) in [5.41, 5.74) is -1.13. The number of fused-ring (bicyclic) bond motifs is 1. The highest BCUT2D eigenvalue weighted by molar-refractivity contribution is 6.38. The van der Waals surface area contributed by atoms with E-state index in [1.54, 1.807) is 4.90 Å². The molecule has 0 bridgehead atoms. The third-order valence-electron chi connectivity index (χ3n) is 15.1. The molecule has 4 N–H and O–H groups in total. The molecule has 6 fully saturated rings. The van der Waals surface area contributed by atoms with Crippen LogP contribution < -0.4 is 21.3 Å². The van der Waals surface area contributed by atoms with Crippen molar-refractivity contribution < 1.29 is 33.2 Å². The summed E-state index contributed by atoms with van der Waals surface area (Å²) in [5.74, 6) is -3.20. The zero-order valence-electron chi connectivity index (χ0n) is 34.9. The Balaban J connectivity index is 1.24. The molecule has 4 aliphatic carbocycles. The summed E-state index contributed by atoms with van der Waals surface area (Å²) in [6.07, 6.45) is 12.2. The van der Waals surface area contributed by atoms with E-state index in [1.807, 2.05) is 32.6 Å². The number of amides is 5. The first-order valence-electron chi connectivity index (χ1n) is 21.8. The molecule has 314 valence electrons. The monoisotopic (exact) mass is 785 g/mol. The number of halogens is 1. The second-order valence-electron chi connectivity index (χ2n) is 19.8. The number of ketones is 1. The molecule has 0 aromatic rings. The van der Waals surface area contributed by atoms with Crippen molar-refractivity contribution in [2.24, 2.45) is 33.5 Å². The minimum Gasteiger partial charge on any atom is -0.347 e. The van der Waals surface area contributed by atoms with Gasteiger partial charge in [-0.15, -0.1) is 0 Å². The van der Waals surface area contributed by atoms with E-state index in [0.29, 0.717) is 38.8 Å². The van der Waals surface area contributed by atoms with Crippen LogP contribution in [0, 0.1) is 33.5 Å². The number of piperidine rings is 1. The van der Waals surface area contributed by atoms with Gasteiger partial charge in [0.05, 0.1) is 12.0 Å². The van der Waals surface area contributed by atoms with Gasteiger partial charge < -0.3 is 26.2 Å². The maximum atomic E-state index is 15.1. The fourth-order valence-electron chi connectivity index (χ4n) is 11.3. The SMILES string of the molecule is CCCC(NC(=O)[C@@H]1C[C@@]2(CN1C(=O)[C@@H](NC(=O)[C@@H](NC(=O)[C@@H]1CCCN(CCF)C1)C1CCCCC1)C(C)(C)C)C(C)(C)C21CCC1)C(=O)C(=O)NC1CC1. The van der Waals surface area contributed by atoms with Crippen LogP contribution in [0.4, 0.5) is 4.39 Å². The molecule has 6 atom stereocenters. The maximum Gasteiger partial charge on any atom is 0.289 e. The van der Waals surface area contributed by atoms with Crippen LogP contribution in [0.1, 0.15) is 138 Å². The van der Waals surface area contributed by atoms with Crippen molar-refractivity contribution in [3.05, 3.63) is 0 Å². The van der Waals surface area contributed by atoms with Crippen molar-refractivity contribution in [1.82, 2.24) is 31.1 Å². The lowest BCUT2D eigenvalue weighted by atomic mass is 9.73. The Hall–Kier alpha value is -3.09. The molecule has 0 radical (unpaired) electrons. The van der Waals surface area contributed by atoms with Crippen LogP contribution in [0.5, 0.6) is 0 Å². The van der Waals surface area contributed by atoms with Crippen LogP contribution >= 0.6 is 0 Å². The predicted octanol–water partition coefficient (Wildman–Crippen LogP) is 4.19. The van der Waals surface area contributed by atoms with Crippen LogP contribution in [-0.2, 0) is 28.8 Å². The van der Waals surface area contributed by atoms with Crippen LogP contribution in [0.25, 0.3) is 0 Å². The summed E-state index contributed by atoms with van der Waals surface area (Å²) in [4.78, 5) is 87.7. The predicted molar refractivity (Wildman–Crippen MR) is 211 cm³/mol. The molecule has 2 spiro atoms. The highest BCUT2D eigenvalue weighted by atomic mass is 19.1. The lowest BCUT2D eigenvalue weighted by Crippen LogP contribution is -2.62. The van der Waals surface area contributed by atoms with E-state index < -0.39 is 59.8 Å². The van der Waals surface area contributed by atoms with Gasteiger partial charge in [-0.2, -0.15) is 0 Å². The number of carbonyl (C=O) groups excluding carboxylic acids is 6. The fourth-order valence-corrected chi connectivity index (χ4v) is 11.3. The number of hydrogen-bond acceptors (Lipinski definition) is 7. The Bertz CT molecular complexity index is 1510. The summed E-state index contributed by atoms with van der Waals surface area (Å²) < 4.78 is 13.2. The molecule has 2 aliphatic heterocycles. The van der Waals surface area contributed by atoms with E-state index in [4.69, 9.17) is 0 Å². The smallest absolute Gasteiger partial charge is 0.289 e. The van der Waals surface area contributed by atoms with Gasteiger partial charge in [0.15, 0.2) is 0 Å². The van der Waals surface area contributed by atoms with Crippen molar-refractivity contribution in [2.45, 2.75) is 168 Å². The van der Waals surface area contributed by atoms with Gasteiger partial charge in [0.2, 0.25) is 29.4 Å². The zero-order chi connectivity index (χ0) is 40.6. The summed E-state index contributed by atoms with van der Waals surface area (Å²) in [5, 5.41) is 11.9. The van der Waals surface area contributed by atoms with E-state index >= 15 is 4.79 Å². The van der Waals surface area contributed by atoms with Gasteiger partial charge in [-0.3, -0.25) is 33.7 Å². The third kappa shape index (κ3) is 8.13. The second-order valence-corrected chi connectivity index (χ2v) is 19.8. The van der Waals surface area contributed by atoms with Crippen molar-refractivity contribution in [1.29, 1.82) is 0 Å². The molecule has 2 heterocycles. The Morgan fingerprint density at radius 3 is 2.11 bits per heavy atom. The highest BCUT2D eigenvalue weighted by Gasteiger charge is 2.85. The molecule has 6 aliphatic rings. The zero-order valence-corrected chi connectivity index (χ0v) is 34.9. The van der Waals surface area contributed by atoms with E-state index in [0.717, 1.165) is 77.2 Å². The molecule has 0 aromatic carbocycles. The molecule has 1 unspecified atom stereocenters. The van der Waals surface area contributed by atoms with Gasteiger partial charge in [0, 0.05) is 31.1 Å². The Morgan fingerprint density at radius 2 is 1.54 bits per heavy atom. The van der Waals surface area contributed by atoms with Crippen LogP contribution in [0.3, 0.4) is 0 Å². The number of Topliss-reactive ketones (excluding diaryl/α,β-unsaturated/α-hetero) is 1. The normalized spacial score (nSPS) is 28.8. The molecule has 56 heavy (non-hydrogen) atoms. The average Bonchev–Trinajstić information content (AvgIpc) is 3.97. The first-order valence-corrected chi connectivity index (χ1v) is 21.8. The average molecular weight is 785 g/mol. The summed E-state index contributed by atoms with van der Waals surface area (Å²) >= 11 is 0. The molecule has 12 nitrogen and oxygen atoms in total. The molecule has 2 saturated heterocycles. The molecule has 13 heteroatoms. The van der Waals surface area contributed by atoms with Gasteiger partial charge in [-0.05, 0) is 92.9 Å². The molecular formula is C43H69FN6O6. The minimum atomic E-state index is -1.00. The number of rotatable bonds is 15. The van der Waals surface area contributed by atoms with Crippen LogP contribution in [0.2, 0.25) is 0 Å². The van der Waals surface area contributed by atoms with Crippen molar-refractivity contribution in [3.63, 3.8) is 0 Å². The molecule has 4 saturated carbocycles. The van der Waals surface area contributed by atoms with Crippen LogP contribution in [-0.4, -0.2) is 108 Å². The van der Waals surface area contributed by atoms with Crippen LogP contribution in [0.15, 0.2) is 0 Å². The third-order valence-corrected chi connectivity index (χ3v) is 15.1.